The molecule has 2 aliphatic rings. The Morgan fingerprint density at radius 2 is 2.20 bits per heavy atom. The largest absolute Gasteiger partial charge is 0.482 e. The minimum absolute atomic E-state index is 0.0102. The predicted octanol–water partition coefficient (Wildman–Crippen LogP) is 0.443. The van der Waals surface area contributed by atoms with Crippen LogP contribution in [0.2, 0.25) is 0 Å². The van der Waals surface area contributed by atoms with E-state index in [0.717, 1.165) is 24.5 Å². The Kier molecular flexibility index (Phi) is 3.87. The number of hydrogen-bond donors (Lipinski definition) is 1. The van der Waals surface area contributed by atoms with Gasteiger partial charge in [0.1, 0.15) is 23.9 Å². The molecule has 2 aromatic rings. The van der Waals surface area contributed by atoms with Crippen molar-refractivity contribution in [3.05, 3.63) is 35.9 Å². The van der Waals surface area contributed by atoms with Gasteiger partial charge >= 0.3 is 0 Å². The van der Waals surface area contributed by atoms with Crippen molar-refractivity contribution in [2.24, 2.45) is 0 Å². The Hall–Kier alpha value is -2.90. The topological polar surface area (TPSA) is 89.4 Å². The number of nitrogens with zero attached hydrogens (tertiary/aromatic N) is 4. The third-order valence-electron chi connectivity index (χ3n) is 4.61. The molecule has 1 atom stereocenters. The minimum atomic E-state index is -0.213. The third kappa shape index (κ3) is 2.95. The van der Waals surface area contributed by atoms with E-state index in [2.05, 4.69) is 15.5 Å². The van der Waals surface area contributed by atoms with Gasteiger partial charge < -0.3 is 14.6 Å². The van der Waals surface area contributed by atoms with Gasteiger partial charge in [-0.05, 0) is 25.5 Å². The first-order valence-corrected chi connectivity index (χ1v) is 8.32. The molecule has 0 radical (unpaired) electrons. The first-order valence-electron chi connectivity index (χ1n) is 8.32. The van der Waals surface area contributed by atoms with Crippen LogP contribution in [-0.4, -0.2) is 45.8 Å². The van der Waals surface area contributed by atoms with Crippen molar-refractivity contribution < 1.29 is 14.3 Å². The molecule has 3 heterocycles. The van der Waals surface area contributed by atoms with E-state index in [1.54, 1.807) is 12.1 Å². The molecule has 0 unspecified atom stereocenters. The monoisotopic (exact) mass is 341 g/mol. The molecule has 1 aromatic carbocycles. The zero-order chi connectivity index (χ0) is 17.4. The van der Waals surface area contributed by atoms with Crippen molar-refractivity contribution in [1.82, 2.24) is 20.1 Å². The number of fused-ring (bicyclic) bond motifs is 2. The number of ether oxygens (including phenoxy) is 1. The summed E-state index contributed by atoms with van der Waals surface area (Å²) in [7, 11) is 0. The molecule has 2 amide bonds. The first-order chi connectivity index (χ1) is 12.1. The summed E-state index contributed by atoms with van der Waals surface area (Å²) in [4.78, 5) is 26.1. The van der Waals surface area contributed by atoms with Crippen LogP contribution in [0.1, 0.15) is 18.1 Å². The zero-order valence-corrected chi connectivity index (χ0v) is 13.9. The zero-order valence-electron chi connectivity index (χ0n) is 13.9. The van der Waals surface area contributed by atoms with Crippen LogP contribution in [0.5, 0.6) is 5.75 Å². The molecule has 2 aliphatic heterocycles. The molecule has 8 nitrogen and oxygen atoms in total. The average molecular weight is 341 g/mol. The summed E-state index contributed by atoms with van der Waals surface area (Å²) in [6.07, 6.45) is 1.60. The number of amides is 2. The van der Waals surface area contributed by atoms with E-state index in [9.17, 15) is 9.59 Å². The molecular weight excluding hydrogens is 322 g/mol. The molecule has 0 bridgehead atoms. The number of para-hydroxylation sites is 2. The molecule has 0 aliphatic carbocycles. The van der Waals surface area contributed by atoms with E-state index < -0.39 is 0 Å². The van der Waals surface area contributed by atoms with Crippen molar-refractivity contribution in [2.45, 2.75) is 32.4 Å². The number of aromatic nitrogens is 3. The number of carbonyl (C=O) groups excluding carboxylic acids is 2. The van der Waals surface area contributed by atoms with Gasteiger partial charge in [0, 0.05) is 19.0 Å². The van der Waals surface area contributed by atoms with Crippen molar-refractivity contribution in [3.63, 3.8) is 0 Å². The molecule has 8 heteroatoms. The van der Waals surface area contributed by atoms with Crippen molar-refractivity contribution in [2.75, 3.05) is 18.1 Å². The molecule has 0 saturated heterocycles. The van der Waals surface area contributed by atoms with E-state index in [1.165, 1.54) is 4.90 Å². The Bertz CT molecular complexity index is 831. The second kappa shape index (κ2) is 6.19. The van der Waals surface area contributed by atoms with E-state index in [-0.39, 0.29) is 31.0 Å². The first kappa shape index (κ1) is 15.6. The lowest BCUT2D eigenvalue weighted by Gasteiger charge is -2.30. The molecular formula is C17H19N5O3. The van der Waals surface area contributed by atoms with E-state index >= 15 is 0 Å². The summed E-state index contributed by atoms with van der Waals surface area (Å²) < 4.78 is 7.43. The number of benzene rings is 1. The van der Waals surface area contributed by atoms with Crippen LogP contribution in [-0.2, 0) is 22.6 Å². The van der Waals surface area contributed by atoms with Crippen LogP contribution in [0.15, 0.2) is 24.3 Å². The third-order valence-corrected chi connectivity index (χ3v) is 4.61. The van der Waals surface area contributed by atoms with Crippen molar-refractivity contribution in [3.8, 4) is 5.75 Å². The van der Waals surface area contributed by atoms with Crippen LogP contribution in [0.25, 0.3) is 0 Å². The molecule has 0 spiro atoms. The normalized spacial score (nSPS) is 19.0. The van der Waals surface area contributed by atoms with Gasteiger partial charge in [-0.2, -0.15) is 0 Å². The van der Waals surface area contributed by atoms with Gasteiger partial charge in [-0.15, -0.1) is 10.2 Å². The van der Waals surface area contributed by atoms with Gasteiger partial charge in [0.15, 0.2) is 6.61 Å². The Morgan fingerprint density at radius 3 is 3.08 bits per heavy atom. The van der Waals surface area contributed by atoms with Gasteiger partial charge in [-0.1, -0.05) is 12.1 Å². The van der Waals surface area contributed by atoms with Crippen LogP contribution >= 0.6 is 0 Å². The smallest absolute Gasteiger partial charge is 0.265 e. The number of nitrogens with one attached hydrogen (secondary N) is 1. The molecule has 25 heavy (non-hydrogen) atoms. The van der Waals surface area contributed by atoms with Crippen LogP contribution in [0, 0.1) is 6.92 Å². The number of rotatable bonds is 3. The minimum Gasteiger partial charge on any atom is -0.482 e. The van der Waals surface area contributed by atoms with E-state index in [4.69, 9.17) is 4.74 Å². The Labute approximate surface area is 144 Å². The maximum atomic E-state index is 12.5. The Morgan fingerprint density at radius 1 is 1.36 bits per heavy atom. The van der Waals surface area contributed by atoms with Crippen LogP contribution in [0.3, 0.4) is 0 Å². The number of anilines is 1. The molecule has 0 fully saturated rings. The lowest BCUT2D eigenvalue weighted by Crippen LogP contribution is -2.49. The summed E-state index contributed by atoms with van der Waals surface area (Å²) in [5.74, 6) is 2.04. The van der Waals surface area contributed by atoms with Gasteiger partial charge in [-0.3, -0.25) is 14.5 Å². The second-order valence-electron chi connectivity index (χ2n) is 6.31. The lowest BCUT2D eigenvalue weighted by molar-refractivity contribution is -0.125. The second-order valence-corrected chi connectivity index (χ2v) is 6.31. The summed E-state index contributed by atoms with van der Waals surface area (Å²) in [5.41, 5.74) is 0.634. The highest BCUT2D eigenvalue weighted by Crippen LogP contribution is 2.31. The lowest BCUT2D eigenvalue weighted by atomic mass is 10.1. The van der Waals surface area contributed by atoms with Gasteiger partial charge in [0.2, 0.25) is 5.91 Å². The molecule has 1 aromatic heterocycles. The highest BCUT2D eigenvalue weighted by atomic mass is 16.5. The average Bonchev–Trinajstić information content (AvgIpc) is 2.98. The standard InChI is InChI=1S/C17H19N5O3/c1-11-19-20-15-7-6-12(8-21(11)15)18-16(23)9-22-13-4-2-3-5-14(13)25-10-17(22)24/h2-5,12H,6-10H2,1H3,(H,18,23)/t12-/m0/s1. The molecule has 4 rings (SSSR count). The van der Waals surface area contributed by atoms with Crippen LogP contribution < -0.4 is 15.0 Å². The quantitative estimate of drug-likeness (QED) is 0.875. The van der Waals surface area contributed by atoms with Crippen molar-refractivity contribution in [1.29, 1.82) is 0 Å². The number of carbonyl (C=O) groups is 2. The summed E-state index contributed by atoms with van der Waals surface area (Å²) in [5, 5.41) is 11.2. The molecule has 0 saturated carbocycles. The van der Waals surface area contributed by atoms with Crippen molar-refractivity contribution >= 4 is 17.5 Å². The van der Waals surface area contributed by atoms with E-state index in [1.807, 2.05) is 23.6 Å². The SMILES string of the molecule is Cc1nnc2n1C[C@@H](NC(=O)CN1C(=O)COc3ccccc31)CC2. The van der Waals surface area contributed by atoms with E-state index in [0.29, 0.717) is 18.0 Å². The fourth-order valence-electron chi connectivity index (χ4n) is 3.32. The maximum absolute atomic E-state index is 12.5. The maximum Gasteiger partial charge on any atom is 0.265 e. The fourth-order valence-corrected chi connectivity index (χ4v) is 3.32. The fraction of sp³-hybridized carbons (Fsp3) is 0.412. The molecule has 130 valence electrons. The Balaban J connectivity index is 1.43. The number of aryl methyl sites for hydroxylation is 2. The summed E-state index contributed by atoms with van der Waals surface area (Å²) >= 11 is 0. The number of hydrogen-bond acceptors (Lipinski definition) is 5. The highest BCUT2D eigenvalue weighted by Gasteiger charge is 2.28. The van der Waals surface area contributed by atoms with Gasteiger partial charge in [0.05, 0.1) is 5.69 Å². The predicted molar refractivity (Wildman–Crippen MR) is 89.3 cm³/mol. The van der Waals surface area contributed by atoms with Gasteiger partial charge in [-0.25, -0.2) is 0 Å². The highest BCUT2D eigenvalue weighted by molar-refractivity contribution is 6.02. The summed E-state index contributed by atoms with van der Waals surface area (Å²) in [6, 6.07) is 7.26. The molecule has 1 N–H and O–H groups in total. The van der Waals surface area contributed by atoms with Crippen LogP contribution in [0.4, 0.5) is 5.69 Å². The van der Waals surface area contributed by atoms with Gasteiger partial charge in [0.25, 0.3) is 5.91 Å². The summed E-state index contributed by atoms with van der Waals surface area (Å²) in [6.45, 7) is 2.51.